The molecule has 0 bridgehead atoms. The van der Waals surface area contributed by atoms with Gasteiger partial charge < -0.3 is 0 Å². The van der Waals surface area contributed by atoms with Gasteiger partial charge in [0.05, 0.1) is 0 Å². The van der Waals surface area contributed by atoms with E-state index in [4.69, 9.17) is 0 Å². The van der Waals surface area contributed by atoms with Crippen LogP contribution < -0.4 is 0 Å². The largest absolute Gasteiger partial charge is 0.205 e. The van der Waals surface area contributed by atoms with Crippen LogP contribution in [0.15, 0.2) is 24.8 Å². The third kappa shape index (κ3) is 1.37. The zero-order chi connectivity index (χ0) is 7.56. The first-order valence-corrected chi connectivity index (χ1v) is 3.90. The first-order valence-electron chi connectivity index (χ1n) is 2.82. The van der Waals surface area contributed by atoms with Gasteiger partial charge in [-0.25, -0.2) is 4.39 Å². The minimum Gasteiger partial charge on any atom is -0.205 e. The van der Waals surface area contributed by atoms with Gasteiger partial charge in [0.25, 0.3) is 0 Å². The molecule has 1 aromatic rings. The summed E-state index contributed by atoms with van der Waals surface area (Å²) >= 11 is 1.95. The van der Waals surface area contributed by atoms with E-state index in [1.807, 2.05) is 28.7 Å². The first kappa shape index (κ1) is 7.72. The van der Waals surface area contributed by atoms with E-state index in [0.717, 1.165) is 0 Å². The second kappa shape index (κ2) is 3.14. The molecule has 0 fully saturated rings. The summed E-state index contributed by atoms with van der Waals surface area (Å²) in [6.45, 7) is 3.49. The molecule has 0 aliphatic heterocycles. The Hall–Kier alpha value is -0.380. The summed E-state index contributed by atoms with van der Waals surface area (Å²) in [5.74, 6) is -0.182. The highest BCUT2D eigenvalue weighted by Crippen LogP contribution is 2.15. The molecular weight excluding hydrogens is 242 g/mol. The molecule has 1 rings (SSSR count). The van der Waals surface area contributed by atoms with Crippen molar-refractivity contribution in [1.82, 2.24) is 0 Å². The third-order valence-electron chi connectivity index (χ3n) is 1.20. The quantitative estimate of drug-likeness (QED) is 0.670. The molecular formula is C8H6FI. The lowest BCUT2D eigenvalue weighted by Gasteiger charge is -1.96. The van der Waals surface area contributed by atoms with Gasteiger partial charge in [0.1, 0.15) is 5.82 Å². The molecule has 0 saturated carbocycles. The number of halogens is 2. The summed E-state index contributed by atoms with van der Waals surface area (Å²) in [5, 5.41) is 0. The lowest BCUT2D eigenvalue weighted by Crippen LogP contribution is -1.84. The summed E-state index contributed by atoms with van der Waals surface area (Å²) in [6.07, 6.45) is 1.51. The second-order valence-corrected chi connectivity index (χ2v) is 3.01. The van der Waals surface area contributed by atoms with Crippen molar-refractivity contribution in [3.05, 3.63) is 39.7 Å². The Labute approximate surface area is 72.9 Å². The van der Waals surface area contributed by atoms with E-state index in [0.29, 0.717) is 9.13 Å². The van der Waals surface area contributed by atoms with E-state index in [1.54, 1.807) is 12.1 Å². The summed E-state index contributed by atoms with van der Waals surface area (Å²) < 4.78 is 13.6. The Bertz CT molecular complexity index is 255. The van der Waals surface area contributed by atoms with Crippen molar-refractivity contribution in [1.29, 1.82) is 0 Å². The van der Waals surface area contributed by atoms with Gasteiger partial charge in [-0.2, -0.15) is 0 Å². The normalized spacial score (nSPS) is 9.40. The maximum atomic E-state index is 12.9. The van der Waals surface area contributed by atoms with Crippen LogP contribution in [0.1, 0.15) is 5.56 Å². The molecule has 0 aliphatic rings. The highest BCUT2D eigenvalue weighted by molar-refractivity contribution is 14.1. The first-order chi connectivity index (χ1) is 4.75. The molecule has 52 valence electrons. The lowest BCUT2D eigenvalue weighted by atomic mass is 10.2. The zero-order valence-corrected chi connectivity index (χ0v) is 7.43. The van der Waals surface area contributed by atoms with Crippen LogP contribution in [-0.4, -0.2) is 0 Å². The van der Waals surface area contributed by atoms with Gasteiger partial charge in [-0.3, -0.25) is 0 Å². The summed E-state index contributed by atoms with van der Waals surface area (Å²) in [7, 11) is 0. The van der Waals surface area contributed by atoms with Gasteiger partial charge in [-0.05, 0) is 28.7 Å². The molecule has 0 aromatic heterocycles. The zero-order valence-electron chi connectivity index (χ0n) is 5.27. The van der Waals surface area contributed by atoms with Gasteiger partial charge in [0.2, 0.25) is 0 Å². The fourth-order valence-corrected chi connectivity index (χ4v) is 1.20. The Balaban J connectivity index is 3.27. The van der Waals surface area contributed by atoms with Crippen molar-refractivity contribution in [2.24, 2.45) is 0 Å². The Morgan fingerprint density at radius 2 is 2.20 bits per heavy atom. The molecule has 0 radical (unpaired) electrons. The van der Waals surface area contributed by atoms with Crippen LogP contribution in [0.2, 0.25) is 0 Å². The van der Waals surface area contributed by atoms with Gasteiger partial charge in [-0.1, -0.05) is 24.8 Å². The van der Waals surface area contributed by atoms with Crippen LogP contribution in [0, 0.1) is 9.39 Å². The molecule has 0 N–H and O–H groups in total. The maximum absolute atomic E-state index is 12.9. The van der Waals surface area contributed by atoms with Crippen LogP contribution in [-0.2, 0) is 0 Å². The standard InChI is InChI=1S/C8H6FI/c1-2-6-4-3-5-7(10)8(6)9/h2-5H,1H2. The Kier molecular flexibility index (Phi) is 2.43. The van der Waals surface area contributed by atoms with Crippen molar-refractivity contribution < 1.29 is 4.39 Å². The molecule has 0 saturated heterocycles. The molecule has 0 aliphatic carbocycles. The number of hydrogen-bond acceptors (Lipinski definition) is 0. The summed E-state index contributed by atoms with van der Waals surface area (Å²) in [6, 6.07) is 5.23. The number of hydrogen-bond donors (Lipinski definition) is 0. The monoisotopic (exact) mass is 248 g/mol. The van der Waals surface area contributed by atoms with Crippen molar-refractivity contribution in [2.45, 2.75) is 0 Å². The molecule has 1 aromatic carbocycles. The number of rotatable bonds is 1. The molecule has 0 spiro atoms. The molecule has 10 heavy (non-hydrogen) atoms. The van der Waals surface area contributed by atoms with E-state index < -0.39 is 0 Å². The molecule has 0 atom stereocenters. The molecule has 2 heteroatoms. The molecule has 0 nitrogen and oxygen atoms in total. The number of benzene rings is 1. The van der Waals surface area contributed by atoms with Crippen LogP contribution in [0.4, 0.5) is 4.39 Å². The molecule has 0 amide bonds. The maximum Gasteiger partial charge on any atom is 0.143 e. The fourth-order valence-electron chi connectivity index (χ4n) is 0.678. The topological polar surface area (TPSA) is 0 Å². The van der Waals surface area contributed by atoms with E-state index >= 15 is 0 Å². The van der Waals surface area contributed by atoms with Crippen molar-refractivity contribution >= 4 is 28.7 Å². The third-order valence-corrected chi connectivity index (χ3v) is 2.03. The summed E-state index contributed by atoms with van der Waals surface area (Å²) in [4.78, 5) is 0. The average molecular weight is 248 g/mol. The fraction of sp³-hybridized carbons (Fsp3) is 0. The van der Waals surface area contributed by atoms with E-state index in [2.05, 4.69) is 6.58 Å². The highest BCUT2D eigenvalue weighted by Gasteiger charge is 2.00. The van der Waals surface area contributed by atoms with Gasteiger partial charge in [0.15, 0.2) is 0 Å². The summed E-state index contributed by atoms with van der Waals surface area (Å²) in [5.41, 5.74) is 0.562. The van der Waals surface area contributed by atoms with E-state index in [-0.39, 0.29) is 5.82 Å². The van der Waals surface area contributed by atoms with Crippen LogP contribution in [0.25, 0.3) is 6.08 Å². The van der Waals surface area contributed by atoms with E-state index in [9.17, 15) is 4.39 Å². The minimum atomic E-state index is -0.182. The van der Waals surface area contributed by atoms with Gasteiger partial charge in [0, 0.05) is 9.13 Å². The average Bonchev–Trinajstić information content (AvgIpc) is 1.95. The predicted molar refractivity (Wildman–Crippen MR) is 49.2 cm³/mol. The molecule has 0 unspecified atom stereocenters. The van der Waals surface area contributed by atoms with Crippen molar-refractivity contribution in [3.8, 4) is 0 Å². The lowest BCUT2D eigenvalue weighted by molar-refractivity contribution is 0.617. The van der Waals surface area contributed by atoms with Crippen LogP contribution in [0.3, 0.4) is 0 Å². The van der Waals surface area contributed by atoms with Crippen LogP contribution in [0.5, 0.6) is 0 Å². The minimum absolute atomic E-state index is 0.182. The predicted octanol–water partition coefficient (Wildman–Crippen LogP) is 3.07. The van der Waals surface area contributed by atoms with Gasteiger partial charge in [-0.15, -0.1) is 0 Å². The molecule has 0 heterocycles. The highest BCUT2D eigenvalue weighted by atomic mass is 127. The Morgan fingerprint density at radius 3 is 2.70 bits per heavy atom. The van der Waals surface area contributed by atoms with Crippen molar-refractivity contribution in [3.63, 3.8) is 0 Å². The van der Waals surface area contributed by atoms with E-state index in [1.165, 1.54) is 6.08 Å². The smallest absolute Gasteiger partial charge is 0.143 e. The SMILES string of the molecule is C=Cc1cccc(I)c1F. The second-order valence-electron chi connectivity index (χ2n) is 1.85. The Morgan fingerprint density at radius 1 is 1.50 bits per heavy atom. The van der Waals surface area contributed by atoms with Crippen LogP contribution >= 0.6 is 22.6 Å². The van der Waals surface area contributed by atoms with Crippen molar-refractivity contribution in [2.75, 3.05) is 0 Å². The van der Waals surface area contributed by atoms with Gasteiger partial charge >= 0.3 is 0 Å².